The molecule has 5 nitrogen and oxygen atoms in total. The Morgan fingerprint density at radius 2 is 1.27 bits per heavy atom. The Hall–Kier alpha value is -0.625. The Morgan fingerprint density at radius 3 is 1.27 bits per heavy atom. The summed E-state index contributed by atoms with van der Waals surface area (Å²) in [6, 6.07) is 0. The number of hydrogen-bond acceptors (Lipinski definition) is 5. The zero-order chi connectivity index (χ0) is 9.49. The standard InChI is InChI=1S/C4H6O2S.BH3O3/c1-3-7(5,6)4-2;2-1(3)4/h3-4H,1-2H2;2-4H. The van der Waals surface area contributed by atoms with Gasteiger partial charge in [0.05, 0.1) is 0 Å². The van der Waals surface area contributed by atoms with E-state index in [2.05, 4.69) is 13.2 Å². The van der Waals surface area contributed by atoms with E-state index in [0.29, 0.717) is 0 Å². The highest BCUT2D eigenvalue weighted by Crippen LogP contribution is 1.87. The first-order chi connectivity index (χ1) is 4.85. The van der Waals surface area contributed by atoms with E-state index in [1.807, 2.05) is 0 Å². The van der Waals surface area contributed by atoms with Crippen molar-refractivity contribution in [2.24, 2.45) is 0 Å². The average Bonchev–Trinajstić information content (AvgIpc) is 1.87. The molecule has 64 valence electrons. The molecular formula is C4H9BO5S. The van der Waals surface area contributed by atoms with Gasteiger partial charge in [0, 0.05) is 10.8 Å². The summed E-state index contributed by atoms with van der Waals surface area (Å²) in [5.41, 5.74) is 0. The molecule has 3 N–H and O–H groups in total. The smallest absolute Gasteiger partial charge is 0.402 e. The second-order valence-electron chi connectivity index (χ2n) is 1.27. The zero-order valence-corrected chi connectivity index (χ0v) is 6.53. The lowest BCUT2D eigenvalue weighted by Gasteiger charge is -1.78. The first kappa shape index (κ1) is 13.0. The van der Waals surface area contributed by atoms with Crippen molar-refractivity contribution in [3.63, 3.8) is 0 Å². The van der Waals surface area contributed by atoms with Gasteiger partial charge in [-0.25, -0.2) is 8.42 Å². The highest BCUT2D eigenvalue weighted by molar-refractivity contribution is 7.97. The van der Waals surface area contributed by atoms with Crippen LogP contribution in [0.15, 0.2) is 24.0 Å². The monoisotopic (exact) mass is 180 g/mol. The van der Waals surface area contributed by atoms with Crippen molar-refractivity contribution in [2.75, 3.05) is 0 Å². The molecule has 0 radical (unpaired) electrons. The molecule has 0 saturated heterocycles. The molecule has 0 unspecified atom stereocenters. The molecule has 0 rings (SSSR count). The Labute approximate surface area is 65.4 Å². The Kier molecular flexibility index (Phi) is 7.22. The largest absolute Gasteiger partial charge is 0.631 e. The van der Waals surface area contributed by atoms with E-state index in [1.54, 1.807) is 0 Å². The van der Waals surface area contributed by atoms with Crippen molar-refractivity contribution < 1.29 is 23.5 Å². The van der Waals surface area contributed by atoms with Gasteiger partial charge in [-0.1, -0.05) is 13.2 Å². The van der Waals surface area contributed by atoms with Crippen LogP contribution in [0.4, 0.5) is 0 Å². The van der Waals surface area contributed by atoms with Gasteiger partial charge in [0.1, 0.15) is 0 Å². The van der Waals surface area contributed by atoms with Gasteiger partial charge in [0.2, 0.25) is 0 Å². The van der Waals surface area contributed by atoms with E-state index in [1.165, 1.54) is 0 Å². The molecule has 0 bridgehead atoms. The predicted molar refractivity (Wildman–Crippen MR) is 41.7 cm³/mol. The molecule has 0 aromatic heterocycles. The van der Waals surface area contributed by atoms with Crippen molar-refractivity contribution in [3.05, 3.63) is 24.0 Å². The molecular weight excluding hydrogens is 171 g/mol. The SMILES string of the molecule is C=CS(=O)(=O)C=C.OB(O)O. The van der Waals surface area contributed by atoms with E-state index in [9.17, 15) is 8.42 Å². The van der Waals surface area contributed by atoms with Gasteiger partial charge in [-0.05, 0) is 0 Å². The molecule has 0 aliphatic rings. The third-order valence-corrected chi connectivity index (χ3v) is 1.39. The molecule has 0 amide bonds. The summed E-state index contributed by atoms with van der Waals surface area (Å²) in [6.45, 7) is 6.09. The van der Waals surface area contributed by atoms with Crippen molar-refractivity contribution in [1.82, 2.24) is 0 Å². The fraction of sp³-hybridized carbons (Fsp3) is 0. The lowest BCUT2D eigenvalue weighted by molar-refractivity contribution is 0.278. The maximum absolute atomic E-state index is 10.1. The molecule has 7 heteroatoms. The fourth-order valence-electron chi connectivity index (χ4n) is 0.0680. The van der Waals surface area contributed by atoms with Crippen LogP contribution in [-0.2, 0) is 9.84 Å². The lowest BCUT2D eigenvalue weighted by Crippen LogP contribution is -2.07. The van der Waals surface area contributed by atoms with Crippen LogP contribution in [-0.4, -0.2) is 30.8 Å². The Bertz CT molecular complexity index is 190. The summed E-state index contributed by atoms with van der Waals surface area (Å²) < 4.78 is 20.3. The second kappa shape index (κ2) is 6.11. The van der Waals surface area contributed by atoms with Crippen LogP contribution < -0.4 is 0 Å². The average molecular weight is 180 g/mol. The molecule has 0 atom stereocenters. The molecule has 0 heterocycles. The van der Waals surface area contributed by atoms with Crippen LogP contribution in [0.2, 0.25) is 0 Å². The van der Waals surface area contributed by atoms with Gasteiger partial charge in [-0.2, -0.15) is 0 Å². The Morgan fingerprint density at radius 1 is 1.09 bits per heavy atom. The highest BCUT2D eigenvalue weighted by Gasteiger charge is 1.92. The molecule has 0 spiro atoms. The summed E-state index contributed by atoms with van der Waals surface area (Å²) >= 11 is 0. The number of rotatable bonds is 2. The molecule has 0 aromatic rings. The minimum absolute atomic E-state index is 0.847. The molecule has 0 aliphatic heterocycles. The first-order valence-electron chi connectivity index (χ1n) is 2.40. The van der Waals surface area contributed by atoms with Gasteiger partial charge >= 0.3 is 7.32 Å². The van der Waals surface area contributed by atoms with Crippen LogP contribution in [0.1, 0.15) is 0 Å². The predicted octanol–water partition coefficient (Wildman–Crippen LogP) is -1.36. The summed E-state index contributed by atoms with van der Waals surface area (Å²) in [6.07, 6.45) is 0. The second-order valence-corrected chi connectivity index (χ2v) is 3.11. The zero-order valence-electron chi connectivity index (χ0n) is 5.71. The van der Waals surface area contributed by atoms with Crippen LogP contribution in [0, 0.1) is 0 Å². The minimum Gasteiger partial charge on any atom is -0.402 e. The quantitative estimate of drug-likeness (QED) is 0.456. The molecule has 11 heavy (non-hydrogen) atoms. The third kappa shape index (κ3) is 17.6. The number of sulfone groups is 1. The van der Waals surface area contributed by atoms with Crippen LogP contribution in [0.5, 0.6) is 0 Å². The van der Waals surface area contributed by atoms with Crippen molar-refractivity contribution in [2.45, 2.75) is 0 Å². The maximum atomic E-state index is 10.1. The van der Waals surface area contributed by atoms with Crippen LogP contribution in [0.3, 0.4) is 0 Å². The summed E-state index contributed by atoms with van der Waals surface area (Å²) in [4.78, 5) is 0. The van der Waals surface area contributed by atoms with Crippen molar-refractivity contribution >= 4 is 17.2 Å². The fourth-order valence-corrected chi connectivity index (χ4v) is 0.204. The van der Waals surface area contributed by atoms with Gasteiger partial charge in [0.15, 0.2) is 9.84 Å². The summed E-state index contributed by atoms with van der Waals surface area (Å²) in [5, 5.41) is 23.2. The topological polar surface area (TPSA) is 94.8 Å². The lowest BCUT2D eigenvalue weighted by atomic mass is 10.3. The van der Waals surface area contributed by atoms with E-state index < -0.39 is 17.2 Å². The minimum atomic E-state index is -3.13. The number of hydrogen-bond donors (Lipinski definition) is 3. The Balaban J connectivity index is 0. The van der Waals surface area contributed by atoms with Crippen LogP contribution >= 0.6 is 0 Å². The highest BCUT2D eigenvalue weighted by atomic mass is 32.2. The van der Waals surface area contributed by atoms with Gasteiger partial charge in [-0.3, -0.25) is 0 Å². The third-order valence-electron chi connectivity index (χ3n) is 0.465. The molecule has 0 aliphatic carbocycles. The first-order valence-corrected chi connectivity index (χ1v) is 4.01. The normalized spacial score (nSPS) is 9.00. The molecule has 0 fully saturated rings. The van der Waals surface area contributed by atoms with E-state index >= 15 is 0 Å². The van der Waals surface area contributed by atoms with E-state index in [0.717, 1.165) is 10.8 Å². The van der Waals surface area contributed by atoms with Crippen molar-refractivity contribution in [1.29, 1.82) is 0 Å². The summed E-state index contributed by atoms with van der Waals surface area (Å²) in [5.74, 6) is 0. The van der Waals surface area contributed by atoms with Crippen LogP contribution in [0.25, 0.3) is 0 Å². The maximum Gasteiger partial charge on any atom is 0.631 e. The summed E-state index contributed by atoms with van der Waals surface area (Å²) in [7, 11) is -5.30. The molecule has 0 saturated carbocycles. The van der Waals surface area contributed by atoms with Gasteiger partial charge in [0.25, 0.3) is 0 Å². The van der Waals surface area contributed by atoms with Gasteiger partial charge < -0.3 is 15.1 Å². The molecule has 0 aromatic carbocycles. The van der Waals surface area contributed by atoms with E-state index in [4.69, 9.17) is 15.1 Å². The van der Waals surface area contributed by atoms with Crippen molar-refractivity contribution in [3.8, 4) is 0 Å². The van der Waals surface area contributed by atoms with E-state index in [-0.39, 0.29) is 0 Å². The van der Waals surface area contributed by atoms with Gasteiger partial charge in [-0.15, -0.1) is 0 Å².